The molecule has 152 valence electrons. The van der Waals surface area contributed by atoms with Crippen LogP contribution in [0.5, 0.6) is 0 Å². The Kier molecular flexibility index (Phi) is 9.19. The molecule has 0 bridgehead atoms. The molecule has 3 N–H and O–H groups in total. The van der Waals surface area contributed by atoms with Crippen LogP contribution >= 0.6 is 0 Å². The van der Waals surface area contributed by atoms with E-state index < -0.39 is 11.7 Å². The number of ether oxygens (including phenoxy) is 1. The molecule has 7 heteroatoms. The highest BCUT2D eigenvalue weighted by atomic mass is 16.6. The van der Waals surface area contributed by atoms with Gasteiger partial charge in [-0.25, -0.2) is 4.79 Å². The van der Waals surface area contributed by atoms with E-state index in [1.54, 1.807) is 0 Å². The van der Waals surface area contributed by atoms with E-state index in [1.165, 1.54) is 19.3 Å². The smallest absolute Gasteiger partial charge is 0.407 e. The van der Waals surface area contributed by atoms with Gasteiger partial charge in [-0.2, -0.15) is 0 Å². The fraction of sp³-hybridized carbons (Fsp3) is 0.895. The lowest BCUT2D eigenvalue weighted by atomic mass is 9.99. The highest BCUT2D eigenvalue weighted by molar-refractivity contribution is 5.79. The van der Waals surface area contributed by atoms with E-state index in [0.29, 0.717) is 13.1 Å². The molecule has 1 saturated heterocycles. The van der Waals surface area contributed by atoms with Crippen molar-refractivity contribution in [3.8, 4) is 0 Å². The molecule has 0 aromatic rings. The molecule has 0 spiro atoms. The van der Waals surface area contributed by atoms with Gasteiger partial charge in [-0.3, -0.25) is 9.89 Å². The van der Waals surface area contributed by atoms with Gasteiger partial charge in [0, 0.05) is 25.2 Å². The average Bonchev–Trinajstić information content (AvgIpc) is 2.55. The largest absolute Gasteiger partial charge is 0.444 e. The lowest BCUT2D eigenvalue weighted by molar-refractivity contribution is 0.0529. The van der Waals surface area contributed by atoms with Crippen molar-refractivity contribution in [3.05, 3.63) is 0 Å². The SMILES string of the molecule is CCNC(=NCC(C)(C)N1CCCCC1)NCCNC(=O)OC(C)(C)C. The van der Waals surface area contributed by atoms with Crippen molar-refractivity contribution in [1.29, 1.82) is 0 Å². The maximum absolute atomic E-state index is 11.6. The molecule has 1 heterocycles. The van der Waals surface area contributed by atoms with Crippen LogP contribution in [0.15, 0.2) is 4.99 Å². The molecule has 0 aromatic heterocycles. The van der Waals surface area contributed by atoms with Crippen LogP contribution in [0.1, 0.15) is 60.8 Å². The predicted molar refractivity (Wildman–Crippen MR) is 108 cm³/mol. The van der Waals surface area contributed by atoms with E-state index in [2.05, 4.69) is 34.7 Å². The lowest BCUT2D eigenvalue weighted by Crippen LogP contribution is -2.50. The Bertz CT molecular complexity index is 451. The Balaban J connectivity index is 2.41. The number of piperidine rings is 1. The number of aliphatic imine (C=N–C) groups is 1. The number of amides is 1. The number of rotatable bonds is 7. The summed E-state index contributed by atoms with van der Waals surface area (Å²) >= 11 is 0. The second-order valence-electron chi connectivity index (χ2n) is 8.41. The summed E-state index contributed by atoms with van der Waals surface area (Å²) in [5.74, 6) is 0.781. The zero-order valence-corrected chi connectivity index (χ0v) is 17.6. The van der Waals surface area contributed by atoms with E-state index in [4.69, 9.17) is 9.73 Å². The van der Waals surface area contributed by atoms with Crippen LogP contribution < -0.4 is 16.0 Å². The van der Waals surface area contributed by atoms with Gasteiger partial charge < -0.3 is 20.7 Å². The van der Waals surface area contributed by atoms with Crippen LogP contribution in [-0.2, 0) is 4.74 Å². The number of carbonyl (C=O) groups excluding carboxylic acids is 1. The summed E-state index contributed by atoms with van der Waals surface area (Å²) in [5.41, 5.74) is -0.425. The minimum atomic E-state index is -0.478. The molecular formula is C19H39N5O2. The monoisotopic (exact) mass is 369 g/mol. The molecule has 1 rings (SSSR count). The molecule has 0 atom stereocenters. The molecule has 0 aromatic carbocycles. The van der Waals surface area contributed by atoms with Crippen molar-refractivity contribution in [1.82, 2.24) is 20.9 Å². The van der Waals surface area contributed by atoms with Crippen molar-refractivity contribution >= 4 is 12.1 Å². The molecule has 1 aliphatic heterocycles. The highest BCUT2D eigenvalue weighted by Gasteiger charge is 2.27. The van der Waals surface area contributed by atoms with Crippen molar-refractivity contribution in [2.24, 2.45) is 4.99 Å². The fourth-order valence-electron chi connectivity index (χ4n) is 2.87. The molecule has 1 fully saturated rings. The van der Waals surface area contributed by atoms with Crippen molar-refractivity contribution in [2.45, 2.75) is 71.9 Å². The average molecular weight is 370 g/mol. The summed E-state index contributed by atoms with van der Waals surface area (Å²) in [6.07, 6.45) is 3.50. The first-order valence-corrected chi connectivity index (χ1v) is 9.88. The van der Waals surface area contributed by atoms with Gasteiger partial charge in [0.2, 0.25) is 0 Å². The molecule has 26 heavy (non-hydrogen) atoms. The summed E-state index contributed by atoms with van der Waals surface area (Å²) in [6, 6.07) is 0. The topological polar surface area (TPSA) is 78.0 Å². The van der Waals surface area contributed by atoms with E-state index in [0.717, 1.165) is 32.1 Å². The second-order valence-corrected chi connectivity index (χ2v) is 8.41. The van der Waals surface area contributed by atoms with E-state index in [-0.39, 0.29) is 5.54 Å². The quantitative estimate of drug-likeness (QED) is 0.365. The Labute approximate surface area is 159 Å². The van der Waals surface area contributed by atoms with Gasteiger partial charge in [0.25, 0.3) is 0 Å². The van der Waals surface area contributed by atoms with Crippen molar-refractivity contribution < 1.29 is 9.53 Å². The van der Waals surface area contributed by atoms with Gasteiger partial charge in [-0.15, -0.1) is 0 Å². The second kappa shape index (κ2) is 10.6. The lowest BCUT2D eigenvalue weighted by Gasteiger charge is -2.40. The number of nitrogens with zero attached hydrogens (tertiary/aromatic N) is 2. The first-order chi connectivity index (χ1) is 12.1. The van der Waals surface area contributed by atoms with Crippen LogP contribution in [-0.4, -0.2) is 67.4 Å². The summed E-state index contributed by atoms with van der Waals surface area (Å²) in [6.45, 7) is 17.1. The van der Waals surface area contributed by atoms with Crippen LogP contribution in [0.2, 0.25) is 0 Å². The van der Waals surface area contributed by atoms with Gasteiger partial charge in [-0.1, -0.05) is 6.42 Å². The molecule has 0 saturated carbocycles. The van der Waals surface area contributed by atoms with Gasteiger partial charge in [0.15, 0.2) is 5.96 Å². The van der Waals surface area contributed by atoms with Crippen LogP contribution in [0.25, 0.3) is 0 Å². The zero-order chi connectivity index (χ0) is 19.6. The fourth-order valence-corrected chi connectivity index (χ4v) is 2.87. The van der Waals surface area contributed by atoms with Crippen LogP contribution in [0.3, 0.4) is 0 Å². The van der Waals surface area contributed by atoms with E-state index >= 15 is 0 Å². The third-order valence-corrected chi connectivity index (χ3v) is 4.27. The Hall–Kier alpha value is -1.50. The molecule has 0 aliphatic carbocycles. The maximum Gasteiger partial charge on any atom is 0.407 e. The number of hydrogen-bond donors (Lipinski definition) is 3. The minimum absolute atomic E-state index is 0.0531. The molecule has 0 unspecified atom stereocenters. The number of hydrogen-bond acceptors (Lipinski definition) is 4. The minimum Gasteiger partial charge on any atom is -0.444 e. The number of alkyl carbamates (subject to hydrolysis) is 1. The molecule has 7 nitrogen and oxygen atoms in total. The summed E-state index contributed by atoms with van der Waals surface area (Å²) in [4.78, 5) is 18.9. The van der Waals surface area contributed by atoms with Gasteiger partial charge in [0.05, 0.1) is 6.54 Å². The predicted octanol–water partition coefficient (Wildman–Crippen LogP) is 2.33. The normalized spacial score (nSPS) is 16.9. The third-order valence-electron chi connectivity index (χ3n) is 4.27. The Morgan fingerprint density at radius 3 is 2.19 bits per heavy atom. The first-order valence-electron chi connectivity index (χ1n) is 9.88. The summed E-state index contributed by atoms with van der Waals surface area (Å²) in [7, 11) is 0. The van der Waals surface area contributed by atoms with Crippen molar-refractivity contribution in [2.75, 3.05) is 39.3 Å². The van der Waals surface area contributed by atoms with Gasteiger partial charge in [-0.05, 0) is 67.5 Å². The number of nitrogens with one attached hydrogen (secondary N) is 3. The Morgan fingerprint density at radius 1 is 1.00 bits per heavy atom. The number of guanidine groups is 1. The van der Waals surface area contributed by atoms with E-state index in [9.17, 15) is 4.79 Å². The Morgan fingerprint density at radius 2 is 1.62 bits per heavy atom. The standard InChI is InChI=1S/C19H39N5O2/c1-7-20-16(21-11-12-22-17(25)26-18(2,3)4)23-15-19(5,6)24-13-9-8-10-14-24/h7-15H2,1-6H3,(H,22,25)(H2,20,21,23). The summed E-state index contributed by atoms with van der Waals surface area (Å²) in [5, 5.41) is 9.27. The summed E-state index contributed by atoms with van der Waals surface area (Å²) < 4.78 is 5.22. The van der Waals surface area contributed by atoms with Gasteiger partial charge >= 0.3 is 6.09 Å². The number of carbonyl (C=O) groups is 1. The van der Waals surface area contributed by atoms with Crippen molar-refractivity contribution in [3.63, 3.8) is 0 Å². The molecule has 1 aliphatic rings. The highest BCUT2D eigenvalue weighted by Crippen LogP contribution is 2.20. The van der Waals surface area contributed by atoms with Crippen LogP contribution in [0, 0.1) is 0 Å². The van der Waals surface area contributed by atoms with Crippen LogP contribution in [0.4, 0.5) is 4.79 Å². The van der Waals surface area contributed by atoms with Gasteiger partial charge in [0.1, 0.15) is 5.60 Å². The molecule has 1 amide bonds. The first kappa shape index (κ1) is 22.5. The molecule has 0 radical (unpaired) electrons. The zero-order valence-electron chi connectivity index (χ0n) is 17.6. The third kappa shape index (κ3) is 9.27. The maximum atomic E-state index is 11.6. The number of likely N-dealkylation sites (tertiary alicyclic amines) is 1. The molecular weight excluding hydrogens is 330 g/mol. The van der Waals surface area contributed by atoms with E-state index in [1.807, 2.05) is 27.7 Å².